The minimum absolute atomic E-state index is 0.329. The van der Waals surface area contributed by atoms with Crippen LogP contribution in [0.3, 0.4) is 0 Å². The van der Waals surface area contributed by atoms with Crippen molar-refractivity contribution in [3.8, 4) is 11.5 Å². The number of nitrogen functional groups attached to an aromatic ring is 1. The van der Waals surface area contributed by atoms with E-state index in [1.807, 2.05) is 12.1 Å². The molecule has 1 aliphatic rings. The van der Waals surface area contributed by atoms with Gasteiger partial charge in [-0.3, -0.25) is 4.98 Å². The molecule has 2 aromatic rings. The van der Waals surface area contributed by atoms with E-state index in [-0.39, 0.29) is 0 Å². The number of hydrogen-bond acceptors (Lipinski definition) is 4. The molecular weight excluding hydrogens is 288 g/mol. The average molecular weight is 312 g/mol. The van der Waals surface area contributed by atoms with Crippen LogP contribution in [-0.4, -0.2) is 18.2 Å². The molecule has 1 aliphatic carbocycles. The zero-order chi connectivity index (χ0) is 16.1. The van der Waals surface area contributed by atoms with Gasteiger partial charge in [-0.1, -0.05) is 6.07 Å². The van der Waals surface area contributed by atoms with Gasteiger partial charge in [0, 0.05) is 6.20 Å². The summed E-state index contributed by atoms with van der Waals surface area (Å²) in [6.45, 7) is 0. The first kappa shape index (κ1) is 15.7. The van der Waals surface area contributed by atoms with Crippen LogP contribution in [0.25, 0.3) is 0 Å². The van der Waals surface area contributed by atoms with Gasteiger partial charge in [-0.15, -0.1) is 0 Å². The zero-order valence-corrected chi connectivity index (χ0v) is 13.6. The molecule has 0 aliphatic heterocycles. The number of benzene rings is 1. The molecule has 23 heavy (non-hydrogen) atoms. The second kappa shape index (κ2) is 7.36. The fourth-order valence-electron chi connectivity index (χ4n) is 3.10. The first-order valence-corrected chi connectivity index (χ1v) is 8.28. The standard InChI is InChI=1S/C19H24N2O2/c1-22-18-9-7-14(6-8-15-10-11-21-13-17(15)20)12-19(18)23-16-4-2-3-5-16/h7,9-13,16H,2-6,8,20H2,1H3. The number of aromatic nitrogens is 1. The molecule has 1 saturated carbocycles. The lowest BCUT2D eigenvalue weighted by molar-refractivity contribution is 0.200. The summed E-state index contributed by atoms with van der Waals surface area (Å²) in [5.41, 5.74) is 9.08. The van der Waals surface area contributed by atoms with Gasteiger partial charge in [0.25, 0.3) is 0 Å². The van der Waals surface area contributed by atoms with Gasteiger partial charge in [0.05, 0.1) is 25.1 Å². The first-order valence-electron chi connectivity index (χ1n) is 8.28. The van der Waals surface area contributed by atoms with Crippen molar-refractivity contribution in [3.05, 3.63) is 47.8 Å². The maximum Gasteiger partial charge on any atom is 0.161 e. The number of pyridine rings is 1. The van der Waals surface area contributed by atoms with Crippen molar-refractivity contribution < 1.29 is 9.47 Å². The quantitative estimate of drug-likeness (QED) is 0.882. The largest absolute Gasteiger partial charge is 0.493 e. The second-order valence-corrected chi connectivity index (χ2v) is 6.08. The van der Waals surface area contributed by atoms with Crippen LogP contribution in [0.1, 0.15) is 36.8 Å². The number of hydrogen-bond donors (Lipinski definition) is 1. The monoisotopic (exact) mass is 312 g/mol. The van der Waals surface area contributed by atoms with E-state index < -0.39 is 0 Å². The molecule has 0 radical (unpaired) electrons. The highest BCUT2D eigenvalue weighted by Crippen LogP contribution is 2.32. The van der Waals surface area contributed by atoms with Crippen LogP contribution in [-0.2, 0) is 12.8 Å². The third-order valence-corrected chi connectivity index (χ3v) is 4.45. The highest BCUT2D eigenvalue weighted by atomic mass is 16.5. The van der Waals surface area contributed by atoms with Crippen molar-refractivity contribution >= 4 is 5.69 Å². The van der Waals surface area contributed by atoms with E-state index in [9.17, 15) is 0 Å². The molecule has 1 aromatic carbocycles. The molecule has 0 amide bonds. The van der Waals surface area contributed by atoms with Gasteiger partial charge >= 0.3 is 0 Å². The lowest BCUT2D eigenvalue weighted by Gasteiger charge is -2.17. The normalized spacial score (nSPS) is 14.8. The van der Waals surface area contributed by atoms with Crippen molar-refractivity contribution in [2.75, 3.05) is 12.8 Å². The number of nitrogens with zero attached hydrogens (tertiary/aromatic N) is 1. The van der Waals surface area contributed by atoms with E-state index in [0.717, 1.165) is 48.4 Å². The van der Waals surface area contributed by atoms with Gasteiger partial charge in [0.1, 0.15) is 0 Å². The minimum atomic E-state index is 0.329. The van der Waals surface area contributed by atoms with Crippen LogP contribution in [0.4, 0.5) is 5.69 Å². The van der Waals surface area contributed by atoms with Gasteiger partial charge < -0.3 is 15.2 Å². The summed E-state index contributed by atoms with van der Waals surface area (Å²) < 4.78 is 11.6. The molecule has 3 rings (SSSR count). The number of nitrogens with two attached hydrogens (primary N) is 1. The topological polar surface area (TPSA) is 57.4 Å². The molecule has 0 atom stereocenters. The lowest BCUT2D eigenvalue weighted by atomic mass is 10.0. The number of aryl methyl sites for hydroxylation is 2. The Hall–Kier alpha value is -2.23. The molecule has 2 N–H and O–H groups in total. The number of methoxy groups -OCH3 is 1. The van der Waals surface area contributed by atoms with Crippen LogP contribution in [0.15, 0.2) is 36.7 Å². The van der Waals surface area contributed by atoms with Crippen molar-refractivity contribution in [3.63, 3.8) is 0 Å². The zero-order valence-electron chi connectivity index (χ0n) is 13.6. The molecule has 1 fully saturated rings. The van der Waals surface area contributed by atoms with Crippen LogP contribution in [0, 0.1) is 0 Å². The fraction of sp³-hybridized carbons (Fsp3) is 0.421. The molecule has 0 saturated heterocycles. The second-order valence-electron chi connectivity index (χ2n) is 6.08. The Morgan fingerprint density at radius 3 is 2.70 bits per heavy atom. The summed E-state index contributed by atoms with van der Waals surface area (Å²) in [5, 5.41) is 0. The average Bonchev–Trinajstić information content (AvgIpc) is 3.07. The molecule has 122 valence electrons. The highest BCUT2D eigenvalue weighted by molar-refractivity contribution is 5.46. The van der Waals surface area contributed by atoms with Gasteiger partial charge in [-0.2, -0.15) is 0 Å². The van der Waals surface area contributed by atoms with Crippen molar-refractivity contribution in [1.82, 2.24) is 4.98 Å². The van der Waals surface area contributed by atoms with E-state index >= 15 is 0 Å². The first-order chi connectivity index (χ1) is 11.3. The Labute approximate surface area is 137 Å². The van der Waals surface area contributed by atoms with Crippen LogP contribution < -0.4 is 15.2 Å². The Kier molecular flexibility index (Phi) is 5.01. The van der Waals surface area contributed by atoms with Gasteiger partial charge in [0.15, 0.2) is 11.5 Å². The SMILES string of the molecule is COc1ccc(CCc2ccncc2N)cc1OC1CCCC1. The predicted octanol–water partition coefficient (Wildman–Crippen LogP) is 3.78. The summed E-state index contributed by atoms with van der Waals surface area (Å²) in [4.78, 5) is 4.03. The molecular formula is C19H24N2O2. The maximum atomic E-state index is 6.15. The van der Waals surface area contributed by atoms with E-state index in [1.165, 1.54) is 18.4 Å². The summed E-state index contributed by atoms with van der Waals surface area (Å²) in [7, 11) is 1.69. The molecule has 4 heteroatoms. The number of rotatable bonds is 6. The Morgan fingerprint density at radius 1 is 1.13 bits per heavy atom. The molecule has 0 unspecified atom stereocenters. The summed E-state index contributed by atoms with van der Waals surface area (Å²) in [6, 6.07) is 8.18. The van der Waals surface area contributed by atoms with Gasteiger partial charge in [-0.05, 0) is 67.9 Å². The van der Waals surface area contributed by atoms with Crippen molar-refractivity contribution in [2.24, 2.45) is 0 Å². The molecule has 1 aromatic heterocycles. The van der Waals surface area contributed by atoms with E-state index in [0.29, 0.717) is 6.10 Å². The third kappa shape index (κ3) is 3.95. The highest BCUT2D eigenvalue weighted by Gasteiger charge is 2.18. The smallest absolute Gasteiger partial charge is 0.161 e. The molecule has 0 spiro atoms. The minimum Gasteiger partial charge on any atom is -0.493 e. The Bertz CT molecular complexity index is 652. The molecule has 4 nitrogen and oxygen atoms in total. The van der Waals surface area contributed by atoms with Crippen LogP contribution in [0.2, 0.25) is 0 Å². The summed E-state index contributed by atoms with van der Waals surface area (Å²) >= 11 is 0. The van der Waals surface area contributed by atoms with Crippen molar-refractivity contribution in [2.45, 2.75) is 44.6 Å². The number of ether oxygens (including phenoxy) is 2. The summed E-state index contributed by atoms with van der Waals surface area (Å²) in [5.74, 6) is 1.67. The predicted molar refractivity (Wildman–Crippen MR) is 91.9 cm³/mol. The van der Waals surface area contributed by atoms with Gasteiger partial charge in [-0.25, -0.2) is 0 Å². The Morgan fingerprint density at radius 2 is 1.96 bits per heavy atom. The molecule has 1 heterocycles. The summed E-state index contributed by atoms with van der Waals surface area (Å²) in [6.07, 6.45) is 10.4. The lowest BCUT2D eigenvalue weighted by Crippen LogP contribution is -2.11. The van der Waals surface area contributed by atoms with Crippen LogP contribution in [0.5, 0.6) is 11.5 Å². The third-order valence-electron chi connectivity index (χ3n) is 4.45. The van der Waals surface area contributed by atoms with E-state index in [2.05, 4.69) is 17.1 Å². The fourth-order valence-corrected chi connectivity index (χ4v) is 3.10. The van der Waals surface area contributed by atoms with Crippen LogP contribution >= 0.6 is 0 Å². The maximum absolute atomic E-state index is 6.15. The van der Waals surface area contributed by atoms with E-state index in [4.69, 9.17) is 15.2 Å². The molecule has 0 bridgehead atoms. The number of anilines is 1. The van der Waals surface area contributed by atoms with Gasteiger partial charge in [0.2, 0.25) is 0 Å². The van der Waals surface area contributed by atoms with Crippen molar-refractivity contribution in [1.29, 1.82) is 0 Å². The Balaban J connectivity index is 1.70. The van der Waals surface area contributed by atoms with E-state index in [1.54, 1.807) is 19.5 Å².